The maximum atomic E-state index is 3.57. The van der Waals surface area contributed by atoms with Crippen LogP contribution in [0.4, 0.5) is 0 Å². The second-order valence-corrected chi connectivity index (χ2v) is 10.3. The fraction of sp³-hybridized carbons (Fsp3) is 0.786. The van der Waals surface area contributed by atoms with Gasteiger partial charge in [-0.3, -0.25) is 9.80 Å². The molecule has 0 bridgehead atoms. The van der Waals surface area contributed by atoms with E-state index in [0.717, 1.165) is 118 Å². The van der Waals surface area contributed by atoms with E-state index in [9.17, 15) is 0 Å². The molecule has 0 saturated carbocycles. The second-order valence-electron chi connectivity index (χ2n) is 10.3. The molecule has 2 aliphatic rings. The van der Waals surface area contributed by atoms with Crippen LogP contribution in [0.15, 0.2) is 24.3 Å². The van der Waals surface area contributed by atoms with Gasteiger partial charge in [0, 0.05) is 65.4 Å². The van der Waals surface area contributed by atoms with Gasteiger partial charge in [-0.05, 0) is 89.2 Å². The van der Waals surface area contributed by atoms with E-state index in [2.05, 4.69) is 66.0 Å². The lowest BCUT2D eigenvalue weighted by molar-refractivity contribution is 0.254. The minimum Gasteiger partial charge on any atom is -0.412 e. The van der Waals surface area contributed by atoms with Crippen LogP contribution in [0.25, 0.3) is 0 Å². The molecule has 2 fully saturated rings. The van der Waals surface area contributed by atoms with Gasteiger partial charge in [0.05, 0.1) is 0 Å². The second kappa shape index (κ2) is 47.7. The van der Waals surface area contributed by atoms with Gasteiger partial charge < -0.3 is 42.9 Å². The Bertz CT molecular complexity index is 600. The summed E-state index contributed by atoms with van der Waals surface area (Å²) in [5.41, 5.74) is 2.88. The summed E-state index contributed by atoms with van der Waals surface area (Å²) in [6.45, 7) is 19.6. The van der Waals surface area contributed by atoms with Gasteiger partial charge in [-0.15, -0.1) is 136 Å². The molecule has 10 nitrogen and oxygen atoms in total. The lowest BCUT2D eigenvalue weighted by Crippen LogP contribution is -2.36. The molecular formula is C28H66Br8N8O2. The van der Waals surface area contributed by atoms with Crippen molar-refractivity contribution in [3.63, 3.8) is 0 Å². The molecule has 10 N–H and O–H groups in total. The largest absolute Gasteiger partial charge is 0.412 e. The van der Waals surface area contributed by atoms with Crippen LogP contribution in [0.2, 0.25) is 0 Å². The summed E-state index contributed by atoms with van der Waals surface area (Å²) in [5, 5.41) is 21.3. The van der Waals surface area contributed by atoms with Gasteiger partial charge in [0.1, 0.15) is 0 Å². The first-order valence-electron chi connectivity index (χ1n) is 14.7. The highest BCUT2D eigenvalue weighted by Gasteiger charge is 2.09. The Labute approximate surface area is 363 Å². The van der Waals surface area contributed by atoms with Crippen molar-refractivity contribution in [2.45, 2.75) is 38.8 Å². The number of nitrogens with zero attached hydrogens (tertiary/aromatic N) is 2. The van der Waals surface area contributed by atoms with Gasteiger partial charge in [0.2, 0.25) is 0 Å². The Morgan fingerprint density at radius 1 is 0.348 bits per heavy atom. The molecule has 0 unspecified atom stereocenters. The highest BCUT2D eigenvalue weighted by molar-refractivity contribution is 8.93. The Morgan fingerprint density at radius 2 is 0.543 bits per heavy atom. The summed E-state index contributed by atoms with van der Waals surface area (Å²) in [4.78, 5) is 5.28. The predicted octanol–water partition coefficient (Wildman–Crippen LogP) is 3.39. The number of rotatable bonds is 4. The van der Waals surface area contributed by atoms with Crippen LogP contribution in [-0.4, -0.2) is 125 Å². The fourth-order valence-electron chi connectivity index (χ4n) is 4.97. The molecule has 1 aromatic carbocycles. The van der Waals surface area contributed by atoms with Gasteiger partial charge in [-0.25, -0.2) is 0 Å². The fourth-order valence-corrected chi connectivity index (χ4v) is 4.97. The Kier molecular flexibility index (Phi) is 69.3. The highest BCUT2D eigenvalue weighted by atomic mass is 79.9. The molecule has 2 heterocycles. The third-order valence-corrected chi connectivity index (χ3v) is 7.06. The molecule has 1 aromatic rings. The van der Waals surface area contributed by atoms with Crippen LogP contribution in [-0.2, 0) is 13.1 Å². The molecule has 0 spiro atoms. The zero-order valence-corrected chi connectivity index (χ0v) is 40.7. The number of hydrogen-bond acceptors (Lipinski definition) is 8. The quantitative estimate of drug-likeness (QED) is 0.270. The standard InChI is InChI=1S/C28H54N8.8BrH.2H2O/c1-9-29-13-17-33-18-14-30-10-2-22-35(21-1)25-27-5-7-28(8-6-27)26-36-23-3-11-31-15-19-34-20-16-32-12-4-24-36;;;;;;;;;;/h5-8,29-34H,1-4,9-26H2;8*1H;2*1H2. The monoisotopic (exact) mass is 1180 g/mol. The zero-order valence-electron chi connectivity index (χ0n) is 27.0. The number of nitrogens with one attached hydrogen (secondary N) is 6. The van der Waals surface area contributed by atoms with Crippen molar-refractivity contribution < 1.29 is 11.0 Å². The average Bonchev–Trinajstić information content (AvgIpc) is 2.89. The van der Waals surface area contributed by atoms with Crippen LogP contribution in [0.5, 0.6) is 0 Å². The van der Waals surface area contributed by atoms with Crippen molar-refractivity contribution >= 4 is 136 Å². The normalized spacial score (nSPS) is 17.9. The van der Waals surface area contributed by atoms with Gasteiger partial charge in [0.25, 0.3) is 0 Å². The minimum atomic E-state index is 0. The SMILES string of the molecule is Br.Br.Br.Br.Br.Br.Br.Br.O.O.c1cc(CN2CCCNCCNCCNCCC2)ccc1CN1CCCNCCNCCNCCC1. The van der Waals surface area contributed by atoms with Crippen LogP contribution in [0.3, 0.4) is 0 Å². The molecule has 0 amide bonds. The van der Waals surface area contributed by atoms with E-state index in [1.54, 1.807) is 0 Å². The molecule has 0 atom stereocenters. The first-order chi connectivity index (χ1) is 17.9. The molecule has 2 saturated heterocycles. The van der Waals surface area contributed by atoms with Crippen LogP contribution in [0.1, 0.15) is 36.8 Å². The third-order valence-electron chi connectivity index (χ3n) is 7.06. The maximum Gasteiger partial charge on any atom is 0.0233 e. The van der Waals surface area contributed by atoms with E-state index >= 15 is 0 Å². The van der Waals surface area contributed by atoms with E-state index in [0.29, 0.717) is 0 Å². The van der Waals surface area contributed by atoms with Gasteiger partial charge in [0.15, 0.2) is 0 Å². The smallest absolute Gasteiger partial charge is 0.0233 e. The molecule has 3 rings (SSSR count). The van der Waals surface area contributed by atoms with Crippen molar-refractivity contribution in [3.05, 3.63) is 35.4 Å². The van der Waals surface area contributed by atoms with Crippen LogP contribution in [0, 0.1) is 0 Å². The summed E-state index contributed by atoms with van der Waals surface area (Å²) >= 11 is 0. The summed E-state index contributed by atoms with van der Waals surface area (Å²) < 4.78 is 0. The van der Waals surface area contributed by atoms with Gasteiger partial charge in [-0.1, -0.05) is 24.3 Å². The summed E-state index contributed by atoms with van der Waals surface area (Å²) in [6, 6.07) is 9.46. The summed E-state index contributed by atoms with van der Waals surface area (Å²) in [5.74, 6) is 0. The van der Waals surface area contributed by atoms with Gasteiger partial charge >= 0.3 is 0 Å². The van der Waals surface area contributed by atoms with Gasteiger partial charge in [-0.2, -0.15) is 0 Å². The molecular weight excluding hydrogens is 1120 g/mol. The molecule has 18 heteroatoms. The topological polar surface area (TPSA) is 142 Å². The number of halogens is 8. The average molecular weight is 1190 g/mol. The molecule has 286 valence electrons. The molecule has 46 heavy (non-hydrogen) atoms. The molecule has 2 aliphatic heterocycles. The minimum absolute atomic E-state index is 0. The van der Waals surface area contributed by atoms with Crippen molar-refractivity contribution in [2.24, 2.45) is 0 Å². The van der Waals surface area contributed by atoms with Crippen LogP contribution < -0.4 is 31.9 Å². The van der Waals surface area contributed by atoms with E-state index in [4.69, 9.17) is 0 Å². The van der Waals surface area contributed by atoms with Crippen molar-refractivity contribution in [2.75, 3.05) is 105 Å². The summed E-state index contributed by atoms with van der Waals surface area (Å²) in [7, 11) is 0. The maximum absolute atomic E-state index is 3.57. The van der Waals surface area contributed by atoms with Crippen molar-refractivity contribution in [3.8, 4) is 0 Å². The highest BCUT2D eigenvalue weighted by Crippen LogP contribution is 2.12. The molecule has 0 aliphatic carbocycles. The predicted molar refractivity (Wildman–Crippen MR) is 242 cm³/mol. The van der Waals surface area contributed by atoms with E-state index in [-0.39, 0.29) is 147 Å². The molecule has 0 aromatic heterocycles. The van der Waals surface area contributed by atoms with E-state index < -0.39 is 0 Å². The Morgan fingerprint density at radius 3 is 0.761 bits per heavy atom. The zero-order chi connectivity index (χ0) is 24.9. The van der Waals surface area contributed by atoms with Crippen molar-refractivity contribution in [1.82, 2.24) is 41.7 Å². The summed E-state index contributed by atoms with van der Waals surface area (Å²) in [6.07, 6.45) is 4.84. The lowest BCUT2D eigenvalue weighted by atomic mass is 10.1. The number of hydrogen-bond donors (Lipinski definition) is 6. The van der Waals surface area contributed by atoms with Crippen LogP contribution >= 0.6 is 136 Å². The first kappa shape index (κ1) is 66.9. The lowest BCUT2D eigenvalue weighted by Gasteiger charge is -2.24. The Hall–Kier alpha value is 2.66. The number of benzene rings is 1. The molecule has 0 radical (unpaired) electrons. The van der Waals surface area contributed by atoms with E-state index in [1.165, 1.54) is 36.8 Å². The third kappa shape index (κ3) is 35.1. The Balaban J connectivity index is -0.000000241. The first-order valence-corrected chi connectivity index (χ1v) is 14.7. The van der Waals surface area contributed by atoms with E-state index in [1.807, 2.05) is 0 Å². The van der Waals surface area contributed by atoms with Crippen molar-refractivity contribution in [1.29, 1.82) is 0 Å².